The Labute approximate surface area is 170 Å². The van der Waals surface area contributed by atoms with Crippen LogP contribution in [0.5, 0.6) is 0 Å². The summed E-state index contributed by atoms with van der Waals surface area (Å²) in [5.74, 6) is -1.000. The molecule has 29 heavy (non-hydrogen) atoms. The molecule has 10 heteroatoms. The van der Waals surface area contributed by atoms with Gasteiger partial charge in [0.05, 0.1) is 5.69 Å². The van der Waals surface area contributed by atoms with E-state index < -0.39 is 5.97 Å². The van der Waals surface area contributed by atoms with Crippen molar-refractivity contribution < 1.29 is 19.1 Å². The molecule has 0 saturated carbocycles. The molecular weight excluding hydrogens is 396 g/mol. The van der Waals surface area contributed by atoms with E-state index in [1.807, 2.05) is 26.0 Å². The number of aromatic nitrogens is 3. The monoisotopic (exact) mass is 416 g/mol. The van der Waals surface area contributed by atoms with Gasteiger partial charge in [0, 0.05) is 18.2 Å². The number of hydrogen-bond acceptors (Lipinski definition) is 8. The lowest BCUT2D eigenvalue weighted by Crippen LogP contribution is -2.30. The van der Waals surface area contributed by atoms with Crippen molar-refractivity contribution in [1.29, 1.82) is 0 Å². The summed E-state index contributed by atoms with van der Waals surface area (Å²) in [6.45, 7) is 4.17. The first kappa shape index (κ1) is 20.6. The van der Waals surface area contributed by atoms with Gasteiger partial charge in [0.15, 0.2) is 0 Å². The van der Waals surface area contributed by atoms with E-state index in [-0.39, 0.29) is 24.6 Å². The quantitative estimate of drug-likeness (QED) is 0.554. The maximum Gasteiger partial charge on any atom is 0.325 e. The van der Waals surface area contributed by atoms with Crippen molar-refractivity contribution in [3.8, 4) is 0 Å². The molecule has 0 radical (unpaired) electrons. The second-order valence-electron chi connectivity index (χ2n) is 6.12. The highest BCUT2D eigenvalue weighted by molar-refractivity contribution is 7.16. The summed E-state index contributed by atoms with van der Waals surface area (Å²) in [6, 6.07) is 8.24. The molecule has 1 amide bonds. The number of carbonyl (C=O) groups is 2. The molecular formula is C19H20N4O5S. The number of hydrogen-bond donors (Lipinski definition) is 1. The van der Waals surface area contributed by atoms with Gasteiger partial charge in [-0.05, 0) is 26.0 Å². The minimum Gasteiger partial charge on any atom is -0.458 e. The summed E-state index contributed by atoms with van der Waals surface area (Å²) >= 11 is 1.23. The van der Waals surface area contributed by atoms with Gasteiger partial charge in [-0.2, -0.15) is 9.61 Å². The maximum absolute atomic E-state index is 12.2. The number of ether oxygens (including phenoxy) is 2. The highest BCUT2D eigenvalue weighted by Crippen LogP contribution is 2.12. The number of esters is 1. The zero-order valence-corrected chi connectivity index (χ0v) is 16.8. The predicted octanol–water partition coefficient (Wildman–Crippen LogP) is 1.47. The van der Waals surface area contributed by atoms with Crippen LogP contribution in [-0.2, 0) is 27.5 Å². The summed E-state index contributed by atoms with van der Waals surface area (Å²) in [4.78, 5) is 40.8. The number of rotatable bonds is 8. The fraction of sp³-hybridized carbons (Fsp3) is 0.316. The van der Waals surface area contributed by atoms with E-state index in [1.165, 1.54) is 21.9 Å². The van der Waals surface area contributed by atoms with Crippen LogP contribution in [0.3, 0.4) is 0 Å². The molecule has 0 atom stereocenters. The van der Waals surface area contributed by atoms with Crippen LogP contribution < -0.4 is 10.9 Å². The van der Waals surface area contributed by atoms with E-state index in [2.05, 4.69) is 15.4 Å². The van der Waals surface area contributed by atoms with Gasteiger partial charge in [-0.15, -0.1) is 0 Å². The Hall–Kier alpha value is -3.11. The first-order valence-electron chi connectivity index (χ1n) is 8.93. The minimum atomic E-state index is -0.631. The molecule has 1 aromatic carbocycles. The lowest BCUT2D eigenvalue weighted by atomic mass is 10.1. The molecule has 1 N–H and O–H groups in total. The zero-order chi connectivity index (χ0) is 20.8. The van der Waals surface area contributed by atoms with Crippen molar-refractivity contribution in [2.45, 2.75) is 27.1 Å². The van der Waals surface area contributed by atoms with Gasteiger partial charge in [0.25, 0.3) is 11.5 Å². The fourth-order valence-corrected chi connectivity index (χ4v) is 3.24. The molecule has 3 rings (SSSR count). The molecule has 0 aliphatic rings. The Kier molecular flexibility index (Phi) is 6.68. The fourth-order valence-electron chi connectivity index (χ4n) is 2.38. The third-order valence-electron chi connectivity index (χ3n) is 3.86. The van der Waals surface area contributed by atoms with E-state index in [1.54, 1.807) is 12.1 Å². The Balaban J connectivity index is 1.55. The van der Waals surface area contributed by atoms with Gasteiger partial charge in [-0.25, -0.2) is 4.98 Å². The largest absolute Gasteiger partial charge is 0.458 e. The van der Waals surface area contributed by atoms with Crippen LogP contribution in [0.1, 0.15) is 33.5 Å². The average Bonchev–Trinajstić information content (AvgIpc) is 3.13. The van der Waals surface area contributed by atoms with Crippen molar-refractivity contribution >= 4 is 28.2 Å². The van der Waals surface area contributed by atoms with Crippen molar-refractivity contribution in [2.75, 3.05) is 13.2 Å². The van der Waals surface area contributed by atoms with E-state index in [4.69, 9.17) is 9.47 Å². The highest BCUT2D eigenvalue weighted by Gasteiger charge is 2.12. The van der Waals surface area contributed by atoms with E-state index in [9.17, 15) is 14.4 Å². The maximum atomic E-state index is 12.2. The third kappa shape index (κ3) is 5.46. The molecule has 9 nitrogen and oxygen atoms in total. The minimum absolute atomic E-state index is 0.177. The van der Waals surface area contributed by atoms with Crippen LogP contribution in [0, 0.1) is 6.92 Å². The van der Waals surface area contributed by atoms with Crippen LogP contribution in [0.15, 0.2) is 35.1 Å². The van der Waals surface area contributed by atoms with E-state index in [0.717, 1.165) is 5.56 Å². The highest BCUT2D eigenvalue weighted by atomic mass is 32.1. The van der Waals surface area contributed by atoms with Crippen LogP contribution in [0.25, 0.3) is 4.96 Å². The Morgan fingerprint density at radius 2 is 1.97 bits per heavy atom. The van der Waals surface area contributed by atoms with Crippen molar-refractivity contribution in [3.05, 3.63) is 62.5 Å². The van der Waals surface area contributed by atoms with Gasteiger partial charge in [-0.1, -0.05) is 29.0 Å². The Bertz CT molecular complexity index is 1070. The third-order valence-corrected chi connectivity index (χ3v) is 4.74. The number of aryl methyl sites for hydroxylation is 1. The Morgan fingerprint density at radius 3 is 2.69 bits per heavy atom. The van der Waals surface area contributed by atoms with Gasteiger partial charge >= 0.3 is 5.97 Å². The van der Waals surface area contributed by atoms with Crippen molar-refractivity contribution in [3.63, 3.8) is 0 Å². The number of nitrogens with zero attached hydrogens (tertiary/aromatic N) is 3. The second-order valence-corrected chi connectivity index (χ2v) is 7.16. The summed E-state index contributed by atoms with van der Waals surface area (Å²) in [6.07, 6.45) is 0. The number of amides is 1. The Morgan fingerprint density at radius 1 is 1.21 bits per heavy atom. The van der Waals surface area contributed by atoms with Crippen LogP contribution in [0.2, 0.25) is 0 Å². The summed E-state index contributed by atoms with van der Waals surface area (Å²) in [5, 5.41) is 7.27. The van der Waals surface area contributed by atoms with Crippen molar-refractivity contribution in [1.82, 2.24) is 19.9 Å². The lowest BCUT2D eigenvalue weighted by molar-refractivity contribution is -0.143. The molecule has 2 heterocycles. The predicted molar refractivity (Wildman–Crippen MR) is 106 cm³/mol. The van der Waals surface area contributed by atoms with Crippen LogP contribution >= 0.6 is 11.3 Å². The molecule has 0 aliphatic heterocycles. The summed E-state index contributed by atoms with van der Waals surface area (Å²) < 4.78 is 11.6. The first-order valence-corrected chi connectivity index (χ1v) is 9.75. The SMILES string of the molecule is CCOCc1nn2c(=O)cc(COC(=O)CNC(=O)c3ccc(C)cc3)nc2s1. The number of fused-ring (bicyclic) bond motifs is 1. The molecule has 2 aromatic heterocycles. The first-order chi connectivity index (χ1) is 14.0. The summed E-state index contributed by atoms with van der Waals surface area (Å²) in [7, 11) is 0. The van der Waals surface area contributed by atoms with Gasteiger partial charge in [0.2, 0.25) is 4.96 Å². The van der Waals surface area contributed by atoms with Gasteiger partial charge < -0.3 is 14.8 Å². The molecule has 152 valence electrons. The molecule has 3 aromatic rings. The number of benzene rings is 1. The number of nitrogens with one attached hydrogen (secondary N) is 1. The molecule has 0 bridgehead atoms. The zero-order valence-electron chi connectivity index (χ0n) is 16.0. The molecule has 0 saturated heterocycles. The molecule has 0 fully saturated rings. The van der Waals surface area contributed by atoms with Gasteiger partial charge in [-0.3, -0.25) is 14.4 Å². The standard InChI is InChI=1S/C19H20N4O5S/c1-3-27-11-15-22-23-16(24)8-14(21-19(23)29-15)10-28-17(25)9-20-18(26)13-6-4-12(2)5-7-13/h4-8H,3,9-11H2,1-2H3,(H,20,26). The van der Waals surface area contributed by atoms with Gasteiger partial charge in [0.1, 0.15) is 24.8 Å². The second kappa shape index (κ2) is 9.39. The molecule has 0 aliphatic carbocycles. The smallest absolute Gasteiger partial charge is 0.325 e. The number of carbonyl (C=O) groups excluding carboxylic acids is 2. The van der Waals surface area contributed by atoms with Crippen molar-refractivity contribution in [2.24, 2.45) is 0 Å². The van der Waals surface area contributed by atoms with E-state index in [0.29, 0.717) is 34.4 Å². The van der Waals surface area contributed by atoms with Crippen LogP contribution in [-0.4, -0.2) is 39.6 Å². The normalized spacial score (nSPS) is 10.8. The van der Waals surface area contributed by atoms with Crippen LogP contribution in [0.4, 0.5) is 0 Å². The molecule has 0 unspecified atom stereocenters. The molecule has 0 spiro atoms. The average molecular weight is 416 g/mol. The topological polar surface area (TPSA) is 112 Å². The van der Waals surface area contributed by atoms with E-state index >= 15 is 0 Å². The lowest BCUT2D eigenvalue weighted by Gasteiger charge is -2.06. The summed E-state index contributed by atoms with van der Waals surface area (Å²) in [5.41, 5.74) is 1.43.